The second-order valence-corrected chi connectivity index (χ2v) is 10.8. The van der Waals surface area contributed by atoms with Gasteiger partial charge in [0.05, 0.1) is 19.3 Å². The van der Waals surface area contributed by atoms with E-state index < -0.39 is 23.8 Å². The first-order valence-electron chi connectivity index (χ1n) is 13.1. The summed E-state index contributed by atoms with van der Waals surface area (Å²) in [4.78, 5) is 12.1. The fourth-order valence-electron chi connectivity index (χ4n) is 6.53. The van der Waals surface area contributed by atoms with Gasteiger partial charge in [0.1, 0.15) is 5.75 Å². The van der Waals surface area contributed by atoms with Gasteiger partial charge in [-0.1, -0.05) is 32.9 Å². The van der Waals surface area contributed by atoms with Crippen molar-refractivity contribution >= 4 is 0 Å². The maximum atomic E-state index is 9.92. The highest BCUT2D eigenvalue weighted by Crippen LogP contribution is 2.60. The highest BCUT2D eigenvalue weighted by Gasteiger charge is 2.69. The van der Waals surface area contributed by atoms with Gasteiger partial charge in [-0.15, -0.1) is 0 Å². The molecule has 1 saturated carbocycles. The molecule has 190 valence electrons. The Morgan fingerprint density at radius 1 is 1.06 bits per heavy atom. The predicted molar refractivity (Wildman–Crippen MR) is 125 cm³/mol. The van der Waals surface area contributed by atoms with Crippen LogP contribution in [-0.4, -0.2) is 42.3 Å². The average Bonchev–Trinajstić information content (AvgIpc) is 3.07. The standard InChI is InChI=1S/C27H40O7/c1-5-23(28)19-8-10-20(11-9-19)29-15-6-16-30-24-18(3)22-12-7-17(2)21-13-14-26(4)32-25(31-24)27(21,22)34-33-26/h8-11,17-18,21-25,28H,5-7,12-16H2,1-4H3/t17-,18-,21?,22+,23?,24+,25-,26-,27-/m1/s1. The van der Waals surface area contributed by atoms with Crippen LogP contribution in [0.15, 0.2) is 24.3 Å². The molecule has 4 aliphatic heterocycles. The number of fused-ring (bicyclic) bond motifs is 2. The lowest BCUT2D eigenvalue weighted by Gasteiger charge is -2.60. The van der Waals surface area contributed by atoms with E-state index in [0.717, 1.165) is 37.0 Å². The van der Waals surface area contributed by atoms with Crippen molar-refractivity contribution in [3.05, 3.63) is 29.8 Å². The summed E-state index contributed by atoms with van der Waals surface area (Å²) < 4.78 is 24.9. The Labute approximate surface area is 202 Å². The minimum Gasteiger partial charge on any atom is -0.494 e. The van der Waals surface area contributed by atoms with Crippen molar-refractivity contribution in [1.29, 1.82) is 0 Å². The van der Waals surface area contributed by atoms with Gasteiger partial charge in [-0.3, -0.25) is 0 Å². The van der Waals surface area contributed by atoms with Crippen LogP contribution in [0.5, 0.6) is 5.75 Å². The van der Waals surface area contributed by atoms with Crippen LogP contribution in [0.1, 0.15) is 77.9 Å². The van der Waals surface area contributed by atoms with E-state index in [2.05, 4.69) is 13.8 Å². The third kappa shape index (κ3) is 4.29. The lowest BCUT2D eigenvalue weighted by molar-refractivity contribution is -0.577. The molecule has 1 aromatic rings. The molecule has 1 spiro atoms. The van der Waals surface area contributed by atoms with Gasteiger partial charge in [0.25, 0.3) is 0 Å². The minimum atomic E-state index is -0.765. The van der Waals surface area contributed by atoms with E-state index in [1.54, 1.807) is 0 Å². The molecule has 2 bridgehead atoms. The van der Waals surface area contributed by atoms with Crippen molar-refractivity contribution in [3.8, 4) is 5.75 Å². The second kappa shape index (κ2) is 9.68. The van der Waals surface area contributed by atoms with Crippen molar-refractivity contribution in [1.82, 2.24) is 0 Å². The van der Waals surface area contributed by atoms with Gasteiger partial charge < -0.3 is 24.1 Å². The SMILES string of the molecule is CCC(O)c1ccc(OCCCO[C@H]2O[C@@H]3O[C@@]4(C)CCC5[C@H](C)CC[C@@H]([C@H]2C)[C@]53OO4)cc1. The largest absolute Gasteiger partial charge is 0.494 e. The highest BCUT2D eigenvalue weighted by atomic mass is 17.3. The quantitative estimate of drug-likeness (QED) is 0.412. The second-order valence-electron chi connectivity index (χ2n) is 10.8. The minimum absolute atomic E-state index is 0.180. The van der Waals surface area contributed by atoms with Gasteiger partial charge in [-0.2, -0.15) is 0 Å². The number of rotatable bonds is 8. The number of ether oxygens (including phenoxy) is 4. The summed E-state index contributed by atoms with van der Waals surface area (Å²) in [6.45, 7) is 9.54. The van der Waals surface area contributed by atoms with Gasteiger partial charge >= 0.3 is 0 Å². The molecule has 4 saturated heterocycles. The first-order valence-corrected chi connectivity index (χ1v) is 13.1. The molecule has 2 unspecified atom stereocenters. The maximum Gasteiger partial charge on any atom is 0.201 e. The Hall–Kier alpha value is -1.22. The van der Waals surface area contributed by atoms with E-state index in [1.165, 1.54) is 6.42 Å². The Morgan fingerprint density at radius 3 is 2.62 bits per heavy atom. The van der Waals surface area contributed by atoms with Gasteiger partial charge in [-0.25, -0.2) is 9.78 Å². The van der Waals surface area contributed by atoms with Crippen molar-refractivity contribution < 1.29 is 33.8 Å². The van der Waals surface area contributed by atoms with Crippen LogP contribution in [-0.2, 0) is 24.0 Å². The fourth-order valence-corrected chi connectivity index (χ4v) is 6.53. The molecule has 1 aromatic carbocycles. The van der Waals surface area contributed by atoms with E-state index in [-0.39, 0.29) is 18.1 Å². The van der Waals surface area contributed by atoms with Crippen LogP contribution in [0.4, 0.5) is 0 Å². The molecule has 7 nitrogen and oxygen atoms in total. The summed E-state index contributed by atoms with van der Waals surface area (Å²) in [5, 5.41) is 9.92. The normalized spacial score (nSPS) is 42.0. The fraction of sp³-hybridized carbons (Fsp3) is 0.778. The zero-order chi connectivity index (χ0) is 23.9. The zero-order valence-electron chi connectivity index (χ0n) is 20.9. The number of aliphatic hydroxyl groups is 1. The molecule has 1 N–H and O–H groups in total. The number of hydrogen-bond donors (Lipinski definition) is 1. The molecular weight excluding hydrogens is 436 g/mol. The average molecular weight is 477 g/mol. The summed E-state index contributed by atoms with van der Waals surface area (Å²) in [6.07, 6.45) is 4.31. The Bertz CT molecular complexity index is 831. The maximum absolute atomic E-state index is 9.92. The molecule has 5 fully saturated rings. The first kappa shape index (κ1) is 24.5. The molecule has 4 heterocycles. The van der Waals surface area contributed by atoms with Crippen molar-refractivity contribution in [2.24, 2.45) is 23.7 Å². The summed E-state index contributed by atoms with van der Waals surface area (Å²) >= 11 is 0. The molecule has 7 heteroatoms. The van der Waals surface area contributed by atoms with Crippen LogP contribution in [0.2, 0.25) is 0 Å². The van der Waals surface area contributed by atoms with Gasteiger partial charge in [0.15, 0.2) is 18.2 Å². The summed E-state index contributed by atoms with van der Waals surface area (Å²) in [5.41, 5.74) is 0.365. The van der Waals surface area contributed by atoms with Gasteiger partial charge in [0, 0.05) is 24.7 Å². The summed E-state index contributed by atoms with van der Waals surface area (Å²) in [7, 11) is 0. The molecular formula is C27H40O7. The molecule has 0 amide bonds. The van der Waals surface area contributed by atoms with Crippen LogP contribution >= 0.6 is 0 Å². The van der Waals surface area contributed by atoms with Gasteiger partial charge in [0.2, 0.25) is 5.79 Å². The number of benzene rings is 1. The van der Waals surface area contributed by atoms with Gasteiger partial charge in [-0.05, 0) is 62.1 Å². The number of aliphatic hydroxyl groups excluding tert-OH is 1. The van der Waals surface area contributed by atoms with E-state index in [4.69, 9.17) is 28.7 Å². The van der Waals surface area contributed by atoms with Crippen molar-refractivity contribution in [2.45, 2.75) is 96.3 Å². The topological polar surface area (TPSA) is 75.6 Å². The molecule has 6 rings (SSSR count). The zero-order valence-corrected chi connectivity index (χ0v) is 20.9. The highest BCUT2D eigenvalue weighted by molar-refractivity contribution is 5.28. The van der Waals surface area contributed by atoms with Crippen LogP contribution < -0.4 is 4.74 Å². The van der Waals surface area contributed by atoms with Crippen LogP contribution in [0, 0.1) is 23.7 Å². The monoisotopic (exact) mass is 476 g/mol. The first-order chi connectivity index (χ1) is 16.4. The Balaban J connectivity index is 1.16. The molecule has 0 aromatic heterocycles. The third-order valence-corrected chi connectivity index (χ3v) is 8.59. The Morgan fingerprint density at radius 2 is 1.85 bits per heavy atom. The summed E-state index contributed by atoms with van der Waals surface area (Å²) in [5.74, 6) is 1.40. The van der Waals surface area contributed by atoms with E-state index >= 15 is 0 Å². The third-order valence-electron chi connectivity index (χ3n) is 8.59. The van der Waals surface area contributed by atoms with Crippen molar-refractivity contribution in [2.75, 3.05) is 13.2 Å². The van der Waals surface area contributed by atoms with E-state index in [0.29, 0.717) is 31.5 Å². The number of hydrogen-bond acceptors (Lipinski definition) is 7. The molecule has 1 aliphatic carbocycles. The van der Waals surface area contributed by atoms with Crippen LogP contribution in [0.25, 0.3) is 0 Å². The smallest absolute Gasteiger partial charge is 0.201 e. The van der Waals surface area contributed by atoms with E-state index in [1.807, 2.05) is 38.1 Å². The summed E-state index contributed by atoms with van der Waals surface area (Å²) in [6, 6.07) is 7.64. The van der Waals surface area contributed by atoms with E-state index in [9.17, 15) is 5.11 Å². The molecule has 34 heavy (non-hydrogen) atoms. The van der Waals surface area contributed by atoms with Crippen molar-refractivity contribution in [3.63, 3.8) is 0 Å². The van der Waals surface area contributed by atoms with Crippen LogP contribution in [0.3, 0.4) is 0 Å². The Kier molecular flexibility index (Phi) is 6.97. The predicted octanol–water partition coefficient (Wildman–Crippen LogP) is 5.12. The lowest BCUT2D eigenvalue weighted by atomic mass is 9.58. The molecule has 9 atom stereocenters. The molecule has 0 radical (unpaired) electrons. The lowest BCUT2D eigenvalue weighted by Crippen LogP contribution is -2.70. The molecule has 5 aliphatic rings.